The molecule has 2 rings (SSSR count). The Hall–Kier alpha value is -1.35. The molecule has 2 heterocycles. The zero-order chi connectivity index (χ0) is 14.5. The van der Waals surface area contributed by atoms with Crippen molar-refractivity contribution >= 4 is 17.2 Å². The minimum atomic E-state index is -0.178. The highest BCUT2D eigenvalue weighted by Crippen LogP contribution is 2.25. The maximum absolute atomic E-state index is 11.3. The van der Waals surface area contributed by atoms with Crippen LogP contribution in [-0.2, 0) is 11.3 Å². The highest BCUT2D eigenvalue weighted by molar-refractivity contribution is 7.10. The molecule has 1 saturated heterocycles. The normalized spacial score (nSPS) is 23.1. The van der Waals surface area contributed by atoms with Crippen molar-refractivity contribution in [1.82, 2.24) is 4.90 Å². The molecule has 1 amide bonds. The first-order valence-electron chi connectivity index (χ1n) is 6.90. The van der Waals surface area contributed by atoms with E-state index >= 15 is 0 Å². The van der Waals surface area contributed by atoms with Gasteiger partial charge in [0.2, 0.25) is 5.91 Å². The molecule has 1 aliphatic rings. The lowest BCUT2D eigenvalue weighted by atomic mass is 9.93. The van der Waals surface area contributed by atoms with Gasteiger partial charge in [0.15, 0.2) is 0 Å². The van der Waals surface area contributed by atoms with Gasteiger partial charge in [-0.1, -0.05) is 11.8 Å². The monoisotopic (exact) mass is 291 g/mol. The van der Waals surface area contributed by atoms with Crippen molar-refractivity contribution in [2.24, 2.45) is 17.4 Å². The number of thiophene rings is 1. The second kappa shape index (κ2) is 6.89. The van der Waals surface area contributed by atoms with Crippen LogP contribution in [0.2, 0.25) is 0 Å². The summed E-state index contributed by atoms with van der Waals surface area (Å²) in [6.45, 7) is 4.21. The van der Waals surface area contributed by atoms with E-state index in [-0.39, 0.29) is 11.8 Å². The standard InChI is InChI=1S/C15H21N3OS/c1-11-4-5-13(15(17)19)8-18(11)9-14-7-12(10-20-14)3-2-6-16/h7,10-11,13H,4-6,8-9,16H2,1H3,(H2,17,19). The first-order chi connectivity index (χ1) is 9.60. The van der Waals surface area contributed by atoms with Crippen molar-refractivity contribution < 1.29 is 4.79 Å². The molecule has 0 aromatic carbocycles. The zero-order valence-corrected chi connectivity index (χ0v) is 12.6. The highest BCUT2D eigenvalue weighted by atomic mass is 32.1. The van der Waals surface area contributed by atoms with E-state index in [1.807, 2.05) is 0 Å². The van der Waals surface area contributed by atoms with Crippen LogP contribution in [0.3, 0.4) is 0 Å². The van der Waals surface area contributed by atoms with Gasteiger partial charge < -0.3 is 11.5 Å². The maximum Gasteiger partial charge on any atom is 0.221 e. The smallest absolute Gasteiger partial charge is 0.221 e. The minimum absolute atomic E-state index is 0.0114. The second-order valence-corrected chi connectivity index (χ2v) is 6.26. The summed E-state index contributed by atoms with van der Waals surface area (Å²) >= 11 is 1.70. The van der Waals surface area contributed by atoms with Gasteiger partial charge in [-0.3, -0.25) is 9.69 Å². The number of rotatable bonds is 3. The minimum Gasteiger partial charge on any atom is -0.369 e. The third kappa shape index (κ3) is 3.83. The van der Waals surface area contributed by atoms with Crippen LogP contribution in [0, 0.1) is 17.8 Å². The van der Waals surface area contributed by atoms with Crippen LogP contribution in [0.4, 0.5) is 0 Å². The van der Waals surface area contributed by atoms with Crippen molar-refractivity contribution in [3.63, 3.8) is 0 Å². The van der Waals surface area contributed by atoms with Gasteiger partial charge in [0, 0.05) is 35.0 Å². The fraction of sp³-hybridized carbons (Fsp3) is 0.533. The lowest BCUT2D eigenvalue weighted by molar-refractivity contribution is -0.124. The number of hydrogen-bond acceptors (Lipinski definition) is 4. The van der Waals surface area contributed by atoms with Crippen molar-refractivity contribution in [2.75, 3.05) is 13.1 Å². The molecule has 2 atom stereocenters. The molecule has 1 aromatic heterocycles. The van der Waals surface area contributed by atoms with E-state index in [0.29, 0.717) is 12.6 Å². The number of amides is 1. The number of likely N-dealkylation sites (tertiary alicyclic amines) is 1. The molecule has 20 heavy (non-hydrogen) atoms. The Balaban J connectivity index is 2.00. The Morgan fingerprint density at radius 2 is 2.35 bits per heavy atom. The quantitative estimate of drug-likeness (QED) is 0.820. The molecular weight excluding hydrogens is 270 g/mol. The zero-order valence-electron chi connectivity index (χ0n) is 11.8. The van der Waals surface area contributed by atoms with Crippen molar-refractivity contribution in [3.8, 4) is 11.8 Å². The van der Waals surface area contributed by atoms with Crippen molar-refractivity contribution in [1.29, 1.82) is 0 Å². The fourth-order valence-corrected chi connectivity index (χ4v) is 3.35. The van der Waals surface area contributed by atoms with Gasteiger partial charge in [0.05, 0.1) is 12.5 Å². The average Bonchev–Trinajstić information content (AvgIpc) is 2.86. The summed E-state index contributed by atoms with van der Waals surface area (Å²) in [6.07, 6.45) is 1.93. The van der Waals surface area contributed by atoms with E-state index in [0.717, 1.165) is 31.5 Å². The third-order valence-electron chi connectivity index (χ3n) is 3.76. The Morgan fingerprint density at radius 1 is 1.55 bits per heavy atom. The molecule has 4 nitrogen and oxygen atoms in total. The van der Waals surface area contributed by atoms with Gasteiger partial charge in [-0.05, 0) is 25.8 Å². The maximum atomic E-state index is 11.3. The summed E-state index contributed by atoms with van der Waals surface area (Å²) in [5, 5.41) is 2.05. The SMILES string of the molecule is CC1CCC(C(N)=O)CN1Cc1cc(C#CCN)cs1. The molecule has 0 spiro atoms. The molecular formula is C15H21N3OS. The van der Waals surface area contributed by atoms with Gasteiger partial charge in [-0.25, -0.2) is 0 Å². The largest absolute Gasteiger partial charge is 0.369 e. The van der Waals surface area contributed by atoms with Crippen molar-refractivity contribution in [3.05, 3.63) is 21.9 Å². The topological polar surface area (TPSA) is 72.4 Å². The Kier molecular flexibility index (Phi) is 5.18. The molecule has 1 aromatic rings. The molecule has 0 saturated carbocycles. The van der Waals surface area contributed by atoms with Crippen LogP contribution in [0.1, 0.15) is 30.2 Å². The molecule has 0 radical (unpaired) electrons. The van der Waals surface area contributed by atoms with E-state index in [4.69, 9.17) is 11.5 Å². The fourth-order valence-electron chi connectivity index (χ4n) is 2.51. The molecule has 2 unspecified atom stereocenters. The number of piperidine rings is 1. The lowest BCUT2D eigenvalue weighted by Crippen LogP contribution is -2.45. The molecule has 108 valence electrons. The first-order valence-corrected chi connectivity index (χ1v) is 7.78. The average molecular weight is 291 g/mol. The summed E-state index contributed by atoms with van der Waals surface area (Å²) < 4.78 is 0. The molecule has 4 N–H and O–H groups in total. The number of nitrogens with zero attached hydrogens (tertiary/aromatic N) is 1. The van der Waals surface area contributed by atoms with Crippen LogP contribution in [-0.4, -0.2) is 29.9 Å². The summed E-state index contributed by atoms with van der Waals surface area (Å²) in [5.41, 5.74) is 11.8. The van der Waals surface area contributed by atoms with E-state index in [1.54, 1.807) is 11.3 Å². The molecule has 0 bridgehead atoms. The number of carbonyl (C=O) groups is 1. The lowest BCUT2D eigenvalue weighted by Gasteiger charge is -2.36. The molecule has 1 fully saturated rings. The van der Waals surface area contributed by atoms with Crippen LogP contribution in [0.15, 0.2) is 11.4 Å². The van der Waals surface area contributed by atoms with E-state index in [9.17, 15) is 4.79 Å². The van der Waals surface area contributed by atoms with Gasteiger partial charge in [0.25, 0.3) is 0 Å². The first kappa shape index (κ1) is 15.0. The third-order valence-corrected chi connectivity index (χ3v) is 4.68. The highest BCUT2D eigenvalue weighted by Gasteiger charge is 2.28. The Labute approximate surface area is 124 Å². The Morgan fingerprint density at radius 3 is 3.05 bits per heavy atom. The van der Waals surface area contributed by atoms with Crippen LogP contribution in [0.25, 0.3) is 0 Å². The summed E-state index contributed by atoms with van der Waals surface area (Å²) in [5.74, 6) is 5.72. The summed E-state index contributed by atoms with van der Waals surface area (Å²) in [6, 6.07) is 2.60. The van der Waals surface area contributed by atoms with E-state index in [1.165, 1.54) is 4.88 Å². The van der Waals surface area contributed by atoms with E-state index in [2.05, 4.69) is 35.1 Å². The summed E-state index contributed by atoms with van der Waals surface area (Å²) in [4.78, 5) is 15.0. The van der Waals surface area contributed by atoms with Gasteiger partial charge in [-0.2, -0.15) is 0 Å². The molecule has 5 heteroatoms. The van der Waals surface area contributed by atoms with Crippen molar-refractivity contribution in [2.45, 2.75) is 32.4 Å². The predicted octanol–water partition coefficient (Wildman–Crippen LogP) is 1.14. The Bertz CT molecular complexity index is 529. The number of primary amides is 1. The van der Waals surface area contributed by atoms with Gasteiger partial charge in [-0.15, -0.1) is 11.3 Å². The molecule has 0 aliphatic carbocycles. The number of hydrogen-bond donors (Lipinski definition) is 2. The van der Waals surface area contributed by atoms with Gasteiger partial charge in [0.1, 0.15) is 0 Å². The van der Waals surface area contributed by atoms with Crippen LogP contribution >= 0.6 is 11.3 Å². The number of carbonyl (C=O) groups excluding carboxylic acids is 1. The summed E-state index contributed by atoms with van der Waals surface area (Å²) in [7, 11) is 0. The van der Waals surface area contributed by atoms with Crippen LogP contribution < -0.4 is 11.5 Å². The van der Waals surface area contributed by atoms with E-state index < -0.39 is 0 Å². The molecule has 1 aliphatic heterocycles. The second-order valence-electron chi connectivity index (χ2n) is 5.26. The van der Waals surface area contributed by atoms with Gasteiger partial charge >= 0.3 is 0 Å². The van der Waals surface area contributed by atoms with Crippen LogP contribution in [0.5, 0.6) is 0 Å². The number of nitrogens with two attached hydrogens (primary N) is 2. The predicted molar refractivity (Wildman–Crippen MR) is 82.0 cm³/mol.